The van der Waals surface area contributed by atoms with Gasteiger partial charge in [-0.2, -0.15) is 0 Å². The number of para-hydroxylation sites is 2. The molecular weight excluding hydrogens is 196 g/mol. The van der Waals surface area contributed by atoms with E-state index in [1.54, 1.807) is 18.2 Å². The molecule has 1 heterocycles. The van der Waals surface area contributed by atoms with Gasteiger partial charge >= 0.3 is 5.56 Å². The zero-order valence-corrected chi connectivity index (χ0v) is 7.68. The molecule has 0 spiro atoms. The highest BCUT2D eigenvalue weighted by molar-refractivity contribution is 5.39. The predicted octanol–water partition coefficient (Wildman–Crippen LogP) is 1.27. The molecule has 2 rings (SSSR count). The lowest BCUT2D eigenvalue weighted by Crippen LogP contribution is -2.09. The summed E-state index contributed by atoms with van der Waals surface area (Å²) in [7, 11) is 0. The van der Waals surface area contributed by atoms with Gasteiger partial charge in [0.2, 0.25) is 0 Å². The first-order valence-electron chi connectivity index (χ1n) is 4.27. The molecule has 0 unspecified atom stereocenters. The summed E-state index contributed by atoms with van der Waals surface area (Å²) in [5.74, 6) is 0.0586. The van der Waals surface area contributed by atoms with Crippen molar-refractivity contribution in [3.8, 4) is 17.4 Å². The number of aromatic amines is 1. The minimum Gasteiger partial charge on any atom is -0.504 e. The second-order valence-electron chi connectivity index (χ2n) is 2.79. The molecular formula is C10H8N2O3. The topological polar surface area (TPSA) is 75.2 Å². The van der Waals surface area contributed by atoms with E-state index < -0.39 is 5.56 Å². The van der Waals surface area contributed by atoms with Crippen molar-refractivity contribution in [3.63, 3.8) is 0 Å². The number of phenols is 1. The molecule has 76 valence electrons. The van der Waals surface area contributed by atoms with Gasteiger partial charge < -0.3 is 14.8 Å². The first-order chi connectivity index (χ1) is 7.27. The summed E-state index contributed by atoms with van der Waals surface area (Å²) >= 11 is 0. The van der Waals surface area contributed by atoms with Crippen molar-refractivity contribution in [2.24, 2.45) is 0 Å². The molecule has 2 N–H and O–H groups in total. The fourth-order valence-electron chi connectivity index (χ4n) is 1.06. The molecule has 2 aromatic rings. The van der Waals surface area contributed by atoms with Crippen molar-refractivity contribution in [1.82, 2.24) is 9.97 Å². The average molecular weight is 204 g/mol. The van der Waals surface area contributed by atoms with E-state index in [1.807, 2.05) is 0 Å². The molecule has 0 saturated carbocycles. The summed E-state index contributed by atoms with van der Waals surface area (Å²) in [5, 5.41) is 9.40. The first-order valence-corrected chi connectivity index (χ1v) is 4.27. The molecule has 0 aliphatic heterocycles. The second kappa shape index (κ2) is 3.83. The van der Waals surface area contributed by atoms with Crippen LogP contribution in [0.5, 0.6) is 17.4 Å². The van der Waals surface area contributed by atoms with Gasteiger partial charge in [-0.15, -0.1) is 0 Å². The Kier molecular flexibility index (Phi) is 2.37. The van der Waals surface area contributed by atoms with Crippen molar-refractivity contribution in [2.75, 3.05) is 0 Å². The molecule has 5 heteroatoms. The molecule has 0 aliphatic carbocycles. The van der Waals surface area contributed by atoms with Gasteiger partial charge in [-0.25, -0.2) is 4.98 Å². The van der Waals surface area contributed by atoms with E-state index in [1.165, 1.54) is 18.5 Å². The van der Waals surface area contributed by atoms with E-state index >= 15 is 0 Å². The third-order valence-electron chi connectivity index (χ3n) is 1.75. The zero-order valence-electron chi connectivity index (χ0n) is 7.68. The van der Waals surface area contributed by atoms with Gasteiger partial charge in [0.05, 0.1) is 0 Å². The van der Waals surface area contributed by atoms with Crippen LogP contribution in [0.2, 0.25) is 0 Å². The largest absolute Gasteiger partial charge is 0.504 e. The number of hydrogen-bond acceptors (Lipinski definition) is 4. The maximum Gasteiger partial charge on any atom is 0.311 e. The Hall–Kier alpha value is -2.30. The number of nitrogens with zero attached hydrogens (tertiary/aromatic N) is 1. The molecule has 15 heavy (non-hydrogen) atoms. The monoisotopic (exact) mass is 204 g/mol. The highest BCUT2D eigenvalue weighted by Crippen LogP contribution is 2.27. The van der Waals surface area contributed by atoms with Gasteiger partial charge in [-0.1, -0.05) is 12.1 Å². The zero-order chi connectivity index (χ0) is 10.7. The fraction of sp³-hybridized carbons (Fsp3) is 0. The molecule has 0 radical (unpaired) electrons. The molecule has 0 aliphatic rings. The van der Waals surface area contributed by atoms with Gasteiger partial charge in [0, 0.05) is 12.4 Å². The Labute approximate surface area is 85.0 Å². The smallest absolute Gasteiger partial charge is 0.311 e. The predicted molar refractivity (Wildman–Crippen MR) is 53.0 cm³/mol. The van der Waals surface area contributed by atoms with E-state index in [2.05, 4.69) is 9.97 Å². The van der Waals surface area contributed by atoms with Crippen LogP contribution in [0.4, 0.5) is 0 Å². The number of nitrogens with one attached hydrogen (secondary N) is 1. The van der Waals surface area contributed by atoms with Gasteiger partial charge in [0.25, 0.3) is 5.88 Å². The van der Waals surface area contributed by atoms with E-state index in [-0.39, 0.29) is 17.4 Å². The van der Waals surface area contributed by atoms with Crippen LogP contribution in [0, 0.1) is 0 Å². The summed E-state index contributed by atoms with van der Waals surface area (Å²) in [6, 6.07) is 6.35. The van der Waals surface area contributed by atoms with Crippen LogP contribution >= 0.6 is 0 Å². The van der Waals surface area contributed by atoms with E-state index in [9.17, 15) is 9.90 Å². The number of rotatable bonds is 2. The number of phenolic OH excluding ortho intramolecular Hbond substituents is 1. The second-order valence-corrected chi connectivity index (χ2v) is 2.79. The summed E-state index contributed by atoms with van der Waals surface area (Å²) in [6.45, 7) is 0. The fourth-order valence-corrected chi connectivity index (χ4v) is 1.06. The third kappa shape index (κ3) is 1.96. The Balaban J connectivity index is 2.34. The van der Waals surface area contributed by atoms with Gasteiger partial charge in [-0.05, 0) is 12.1 Å². The number of aromatic nitrogens is 2. The minimum atomic E-state index is -0.444. The Morgan fingerprint density at radius 3 is 2.87 bits per heavy atom. The van der Waals surface area contributed by atoms with Crippen molar-refractivity contribution in [2.45, 2.75) is 0 Å². The lowest BCUT2D eigenvalue weighted by Gasteiger charge is -2.04. The van der Waals surface area contributed by atoms with Crippen molar-refractivity contribution in [3.05, 3.63) is 47.0 Å². The molecule has 0 saturated heterocycles. The summed E-state index contributed by atoms with van der Waals surface area (Å²) in [4.78, 5) is 17.4. The van der Waals surface area contributed by atoms with Crippen LogP contribution in [0.3, 0.4) is 0 Å². The molecule has 1 aromatic heterocycles. The normalized spacial score (nSPS) is 9.87. The molecule has 1 aromatic carbocycles. The van der Waals surface area contributed by atoms with Gasteiger partial charge in [0.15, 0.2) is 11.5 Å². The Bertz CT molecular complexity index is 522. The minimum absolute atomic E-state index is 0.0393. The Morgan fingerprint density at radius 2 is 2.13 bits per heavy atom. The molecule has 0 fully saturated rings. The number of benzene rings is 1. The summed E-state index contributed by atoms with van der Waals surface area (Å²) in [5.41, 5.74) is -0.444. The van der Waals surface area contributed by atoms with E-state index in [0.29, 0.717) is 0 Å². The van der Waals surface area contributed by atoms with Crippen LogP contribution in [0.1, 0.15) is 0 Å². The maximum absolute atomic E-state index is 11.2. The summed E-state index contributed by atoms with van der Waals surface area (Å²) < 4.78 is 5.14. The number of aromatic hydroxyl groups is 1. The average Bonchev–Trinajstić information content (AvgIpc) is 2.24. The number of hydrogen-bond donors (Lipinski definition) is 2. The molecule has 0 amide bonds. The van der Waals surface area contributed by atoms with Crippen LogP contribution in [-0.4, -0.2) is 15.1 Å². The highest BCUT2D eigenvalue weighted by atomic mass is 16.5. The maximum atomic E-state index is 11.2. The van der Waals surface area contributed by atoms with Crippen molar-refractivity contribution < 1.29 is 9.84 Å². The molecule has 0 bridgehead atoms. The SMILES string of the molecule is O=c1[nH]ccnc1Oc1ccccc1O. The van der Waals surface area contributed by atoms with Crippen molar-refractivity contribution >= 4 is 0 Å². The first kappa shape index (κ1) is 9.26. The lowest BCUT2D eigenvalue weighted by molar-refractivity contribution is 0.399. The van der Waals surface area contributed by atoms with E-state index in [4.69, 9.17) is 4.74 Å². The van der Waals surface area contributed by atoms with Crippen LogP contribution in [0.25, 0.3) is 0 Å². The van der Waals surface area contributed by atoms with Crippen LogP contribution < -0.4 is 10.3 Å². The standard InChI is InChI=1S/C10H8N2O3/c13-7-3-1-2-4-8(7)15-10-9(14)11-5-6-12-10/h1-6,13H,(H,11,14). The van der Waals surface area contributed by atoms with Gasteiger partial charge in [0.1, 0.15) is 0 Å². The van der Waals surface area contributed by atoms with Crippen LogP contribution in [-0.2, 0) is 0 Å². The quantitative estimate of drug-likeness (QED) is 0.772. The summed E-state index contributed by atoms with van der Waals surface area (Å²) in [6.07, 6.45) is 2.80. The Morgan fingerprint density at radius 1 is 1.33 bits per heavy atom. The highest BCUT2D eigenvalue weighted by Gasteiger charge is 2.06. The number of ether oxygens (including phenoxy) is 1. The van der Waals surface area contributed by atoms with Crippen LogP contribution in [0.15, 0.2) is 41.5 Å². The van der Waals surface area contributed by atoms with Crippen molar-refractivity contribution in [1.29, 1.82) is 0 Å². The van der Waals surface area contributed by atoms with E-state index in [0.717, 1.165) is 0 Å². The molecule has 5 nitrogen and oxygen atoms in total. The lowest BCUT2D eigenvalue weighted by atomic mass is 10.3. The third-order valence-corrected chi connectivity index (χ3v) is 1.75. The number of H-pyrrole nitrogens is 1. The van der Waals surface area contributed by atoms with Gasteiger partial charge in [-0.3, -0.25) is 4.79 Å². The molecule has 0 atom stereocenters.